The van der Waals surface area contributed by atoms with Crippen LogP contribution in [0.25, 0.3) is 0 Å². The van der Waals surface area contributed by atoms with Crippen molar-refractivity contribution in [1.82, 2.24) is 0 Å². The molecule has 10 heavy (non-hydrogen) atoms. The van der Waals surface area contributed by atoms with E-state index < -0.39 is 0 Å². The number of aliphatic hydroxyl groups is 1. The molecule has 0 aromatic rings. The lowest BCUT2D eigenvalue weighted by Gasteiger charge is -2.26. The Morgan fingerprint density at radius 2 is 2.00 bits per heavy atom. The normalized spacial score (nSPS) is 16.8. The minimum atomic E-state index is -0.108. The number of hydrogen-bond donors (Lipinski definition) is 1. The van der Waals surface area contributed by atoms with E-state index in [0.717, 1.165) is 19.3 Å². The highest BCUT2D eigenvalue weighted by molar-refractivity contribution is 4.72. The second-order valence-corrected chi connectivity index (χ2v) is 2.88. The molecule has 0 aromatic carbocycles. The molecule has 0 aliphatic heterocycles. The topological polar surface area (TPSA) is 29.5 Å². The number of ether oxygens (including phenoxy) is 1. The second kappa shape index (κ2) is 4.69. The summed E-state index contributed by atoms with van der Waals surface area (Å²) < 4.78 is 5.26. The van der Waals surface area contributed by atoms with Gasteiger partial charge in [-0.05, 0) is 19.8 Å². The standard InChI is InChI=1S/C8H18O2/c1-4-5-8(2,10-3)6-7-9/h9H,4-7H2,1-3H3. The Kier molecular flexibility index (Phi) is 4.65. The van der Waals surface area contributed by atoms with Gasteiger partial charge in [-0.15, -0.1) is 0 Å². The molecule has 0 rings (SSSR count). The maximum absolute atomic E-state index is 8.68. The zero-order valence-corrected chi connectivity index (χ0v) is 7.18. The van der Waals surface area contributed by atoms with Gasteiger partial charge in [-0.3, -0.25) is 0 Å². The summed E-state index contributed by atoms with van der Waals surface area (Å²) in [6.45, 7) is 4.37. The smallest absolute Gasteiger partial charge is 0.0672 e. The van der Waals surface area contributed by atoms with E-state index in [1.54, 1.807) is 7.11 Å². The summed E-state index contributed by atoms with van der Waals surface area (Å²) in [5, 5.41) is 8.68. The quantitative estimate of drug-likeness (QED) is 0.638. The van der Waals surface area contributed by atoms with Gasteiger partial charge in [0.25, 0.3) is 0 Å². The maximum Gasteiger partial charge on any atom is 0.0672 e. The van der Waals surface area contributed by atoms with Crippen molar-refractivity contribution < 1.29 is 9.84 Å². The highest BCUT2D eigenvalue weighted by atomic mass is 16.5. The SMILES string of the molecule is CCCC(C)(CCO)OC. The van der Waals surface area contributed by atoms with Crippen molar-refractivity contribution in [3.63, 3.8) is 0 Å². The molecular formula is C8H18O2. The van der Waals surface area contributed by atoms with E-state index in [2.05, 4.69) is 6.92 Å². The molecule has 2 heteroatoms. The minimum absolute atomic E-state index is 0.108. The molecule has 0 aromatic heterocycles. The van der Waals surface area contributed by atoms with Gasteiger partial charge in [0.15, 0.2) is 0 Å². The first kappa shape index (κ1) is 9.92. The Hall–Kier alpha value is -0.0800. The van der Waals surface area contributed by atoms with Crippen LogP contribution in [0.5, 0.6) is 0 Å². The third kappa shape index (κ3) is 3.18. The van der Waals surface area contributed by atoms with Crippen LogP contribution < -0.4 is 0 Å². The van der Waals surface area contributed by atoms with Crippen LogP contribution in [0, 0.1) is 0 Å². The first-order valence-electron chi connectivity index (χ1n) is 3.84. The lowest BCUT2D eigenvalue weighted by Crippen LogP contribution is -2.28. The van der Waals surface area contributed by atoms with Gasteiger partial charge in [-0.25, -0.2) is 0 Å². The van der Waals surface area contributed by atoms with Gasteiger partial charge < -0.3 is 9.84 Å². The predicted molar refractivity (Wildman–Crippen MR) is 42.0 cm³/mol. The van der Waals surface area contributed by atoms with Gasteiger partial charge in [-0.1, -0.05) is 13.3 Å². The fourth-order valence-electron chi connectivity index (χ4n) is 1.09. The zero-order valence-electron chi connectivity index (χ0n) is 7.18. The fraction of sp³-hybridized carbons (Fsp3) is 1.00. The van der Waals surface area contributed by atoms with Crippen molar-refractivity contribution in [2.24, 2.45) is 0 Å². The average molecular weight is 146 g/mol. The second-order valence-electron chi connectivity index (χ2n) is 2.88. The number of methoxy groups -OCH3 is 1. The van der Waals surface area contributed by atoms with Crippen LogP contribution >= 0.6 is 0 Å². The molecule has 1 atom stereocenters. The summed E-state index contributed by atoms with van der Waals surface area (Å²) in [5.41, 5.74) is -0.108. The molecular weight excluding hydrogens is 128 g/mol. The van der Waals surface area contributed by atoms with Crippen LogP contribution in [0.3, 0.4) is 0 Å². The van der Waals surface area contributed by atoms with Gasteiger partial charge in [0.05, 0.1) is 5.60 Å². The van der Waals surface area contributed by atoms with Crippen molar-refractivity contribution in [2.45, 2.75) is 38.7 Å². The van der Waals surface area contributed by atoms with Gasteiger partial charge in [0.2, 0.25) is 0 Å². The molecule has 1 unspecified atom stereocenters. The number of rotatable bonds is 5. The van der Waals surface area contributed by atoms with Gasteiger partial charge in [-0.2, -0.15) is 0 Å². The molecule has 0 aliphatic rings. The van der Waals surface area contributed by atoms with Crippen LogP contribution in [-0.2, 0) is 4.74 Å². The molecule has 62 valence electrons. The molecule has 0 aliphatic carbocycles. The minimum Gasteiger partial charge on any atom is -0.396 e. The Balaban J connectivity index is 3.69. The van der Waals surface area contributed by atoms with Crippen molar-refractivity contribution >= 4 is 0 Å². The van der Waals surface area contributed by atoms with Crippen LogP contribution in [0.4, 0.5) is 0 Å². The molecule has 1 N–H and O–H groups in total. The maximum atomic E-state index is 8.68. The summed E-state index contributed by atoms with van der Waals surface area (Å²) >= 11 is 0. The van der Waals surface area contributed by atoms with Crippen molar-refractivity contribution in [2.75, 3.05) is 13.7 Å². The van der Waals surface area contributed by atoms with E-state index in [0.29, 0.717) is 0 Å². The van der Waals surface area contributed by atoms with Crippen LogP contribution in [0.2, 0.25) is 0 Å². The molecule has 0 fully saturated rings. The van der Waals surface area contributed by atoms with Crippen LogP contribution in [0.15, 0.2) is 0 Å². The molecule has 0 bridgehead atoms. The van der Waals surface area contributed by atoms with Gasteiger partial charge in [0.1, 0.15) is 0 Å². The lowest BCUT2D eigenvalue weighted by atomic mass is 9.97. The molecule has 0 saturated carbocycles. The van der Waals surface area contributed by atoms with Crippen molar-refractivity contribution in [3.05, 3.63) is 0 Å². The molecule has 0 heterocycles. The van der Waals surface area contributed by atoms with E-state index in [1.165, 1.54) is 0 Å². The lowest BCUT2D eigenvalue weighted by molar-refractivity contribution is -0.0198. The monoisotopic (exact) mass is 146 g/mol. The first-order valence-corrected chi connectivity index (χ1v) is 3.84. The third-order valence-electron chi connectivity index (χ3n) is 1.91. The van der Waals surface area contributed by atoms with Gasteiger partial charge >= 0.3 is 0 Å². The summed E-state index contributed by atoms with van der Waals surface area (Å²) in [6.07, 6.45) is 2.85. The average Bonchev–Trinajstić information content (AvgIpc) is 1.89. The molecule has 2 nitrogen and oxygen atoms in total. The summed E-state index contributed by atoms with van der Waals surface area (Å²) in [5.74, 6) is 0. The highest BCUT2D eigenvalue weighted by Gasteiger charge is 2.20. The molecule has 0 amide bonds. The predicted octanol–water partition coefficient (Wildman–Crippen LogP) is 1.57. The van der Waals surface area contributed by atoms with E-state index in [9.17, 15) is 0 Å². The van der Waals surface area contributed by atoms with Crippen LogP contribution in [0.1, 0.15) is 33.1 Å². The first-order chi connectivity index (χ1) is 4.68. The van der Waals surface area contributed by atoms with Crippen molar-refractivity contribution in [3.8, 4) is 0 Å². The summed E-state index contributed by atoms with van der Waals surface area (Å²) in [6, 6.07) is 0. The Labute approximate surface area is 63.2 Å². The Morgan fingerprint density at radius 3 is 2.30 bits per heavy atom. The Bertz CT molecular complexity index is 75.3. The van der Waals surface area contributed by atoms with Crippen molar-refractivity contribution in [1.29, 1.82) is 0 Å². The van der Waals surface area contributed by atoms with Crippen LogP contribution in [-0.4, -0.2) is 24.4 Å². The highest BCUT2D eigenvalue weighted by Crippen LogP contribution is 2.19. The fourth-order valence-corrected chi connectivity index (χ4v) is 1.09. The molecule has 0 radical (unpaired) electrons. The number of hydrogen-bond acceptors (Lipinski definition) is 2. The zero-order chi connectivity index (χ0) is 8.04. The van der Waals surface area contributed by atoms with E-state index in [4.69, 9.17) is 9.84 Å². The Morgan fingerprint density at radius 1 is 1.40 bits per heavy atom. The third-order valence-corrected chi connectivity index (χ3v) is 1.91. The van der Waals surface area contributed by atoms with Gasteiger partial charge in [0, 0.05) is 13.7 Å². The largest absolute Gasteiger partial charge is 0.396 e. The van der Waals surface area contributed by atoms with E-state index >= 15 is 0 Å². The summed E-state index contributed by atoms with van der Waals surface area (Å²) in [4.78, 5) is 0. The number of aliphatic hydroxyl groups excluding tert-OH is 1. The molecule has 0 spiro atoms. The van der Waals surface area contributed by atoms with E-state index in [-0.39, 0.29) is 12.2 Å². The summed E-state index contributed by atoms with van der Waals surface area (Å²) in [7, 11) is 1.70. The molecule has 0 saturated heterocycles. The van der Waals surface area contributed by atoms with E-state index in [1.807, 2.05) is 6.92 Å².